The van der Waals surface area contributed by atoms with E-state index in [1.807, 2.05) is 0 Å². The predicted molar refractivity (Wildman–Crippen MR) is 233 cm³/mol. The zero-order valence-electron chi connectivity index (χ0n) is 30.0. The van der Waals surface area contributed by atoms with Crippen molar-refractivity contribution in [1.82, 2.24) is 9.13 Å². The standard InChI is InChI=1S/C52H35N3/c1-2-15-43(16-3-1)55-49-19-9-8-18-47(49)51-50(55)32-26-40-33-34-53(52(40)51)42-27-21-37(22-28-42)38-23-29-44(30-24-38)54(45-31-25-36-11-4-5-13-41(36)35-45)48-20-10-14-39-12-6-7-17-46(39)48/h1-35H. The van der Waals surface area contributed by atoms with Gasteiger partial charge in [0, 0.05) is 50.5 Å². The summed E-state index contributed by atoms with van der Waals surface area (Å²) < 4.78 is 4.73. The molecule has 258 valence electrons. The van der Waals surface area contributed by atoms with Gasteiger partial charge >= 0.3 is 0 Å². The van der Waals surface area contributed by atoms with Gasteiger partial charge < -0.3 is 14.0 Å². The zero-order chi connectivity index (χ0) is 36.3. The van der Waals surface area contributed by atoms with Gasteiger partial charge in [-0.3, -0.25) is 0 Å². The lowest BCUT2D eigenvalue weighted by Crippen LogP contribution is -2.10. The van der Waals surface area contributed by atoms with Crippen molar-refractivity contribution in [3.63, 3.8) is 0 Å². The van der Waals surface area contributed by atoms with Crippen LogP contribution < -0.4 is 4.90 Å². The molecule has 9 aromatic carbocycles. The second-order valence-corrected chi connectivity index (χ2v) is 14.2. The van der Waals surface area contributed by atoms with Crippen molar-refractivity contribution < 1.29 is 0 Å². The molecule has 11 aromatic rings. The van der Waals surface area contributed by atoms with E-state index in [2.05, 4.69) is 226 Å². The summed E-state index contributed by atoms with van der Waals surface area (Å²) in [5, 5.41) is 8.65. The maximum Gasteiger partial charge on any atom is 0.0628 e. The fourth-order valence-electron chi connectivity index (χ4n) is 8.52. The van der Waals surface area contributed by atoms with Gasteiger partial charge in [-0.05, 0) is 100 Å². The third kappa shape index (κ3) is 5.13. The SMILES string of the molecule is c1ccc(-n2c3ccccc3c3c4c(ccc32)ccn4-c2ccc(-c3ccc(N(c4ccc5ccccc5c4)c4cccc5ccccc45)cc3)cc2)cc1. The van der Waals surface area contributed by atoms with Crippen molar-refractivity contribution in [2.24, 2.45) is 0 Å². The minimum atomic E-state index is 1.12. The maximum absolute atomic E-state index is 2.38. The molecule has 0 saturated carbocycles. The molecule has 2 heterocycles. The largest absolute Gasteiger partial charge is 0.316 e. The molecule has 0 radical (unpaired) electrons. The Balaban J connectivity index is 0.984. The molecule has 11 rings (SSSR count). The van der Waals surface area contributed by atoms with E-state index in [0.29, 0.717) is 0 Å². The fraction of sp³-hybridized carbons (Fsp3) is 0. The molecular weight excluding hydrogens is 667 g/mol. The Hall–Kier alpha value is -7.36. The predicted octanol–water partition coefficient (Wildman–Crippen LogP) is 14.2. The highest BCUT2D eigenvalue weighted by Gasteiger charge is 2.18. The first-order valence-electron chi connectivity index (χ1n) is 18.8. The van der Waals surface area contributed by atoms with Gasteiger partial charge in [-0.15, -0.1) is 0 Å². The first-order valence-corrected chi connectivity index (χ1v) is 18.8. The lowest BCUT2D eigenvalue weighted by atomic mass is 10.0. The second-order valence-electron chi connectivity index (χ2n) is 14.2. The number of anilines is 3. The summed E-state index contributed by atoms with van der Waals surface area (Å²) >= 11 is 0. The molecule has 0 bridgehead atoms. The third-order valence-corrected chi connectivity index (χ3v) is 11.1. The van der Waals surface area contributed by atoms with E-state index < -0.39 is 0 Å². The van der Waals surface area contributed by atoms with Crippen LogP contribution in [0.2, 0.25) is 0 Å². The highest BCUT2D eigenvalue weighted by atomic mass is 15.1. The molecule has 0 aliphatic carbocycles. The average molecular weight is 702 g/mol. The van der Waals surface area contributed by atoms with Crippen molar-refractivity contribution in [3.05, 3.63) is 212 Å². The highest BCUT2D eigenvalue weighted by molar-refractivity contribution is 6.20. The average Bonchev–Trinajstić information content (AvgIpc) is 3.84. The summed E-state index contributed by atoms with van der Waals surface area (Å²) in [5.41, 5.74) is 11.7. The maximum atomic E-state index is 2.38. The zero-order valence-corrected chi connectivity index (χ0v) is 30.0. The van der Waals surface area contributed by atoms with Crippen LogP contribution in [0.25, 0.3) is 76.8 Å². The van der Waals surface area contributed by atoms with E-state index in [9.17, 15) is 0 Å². The molecule has 0 aliphatic heterocycles. The number of benzene rings is 9. The van der Waals surface area contributed by atoms with E-state index >= 15 is 0 Å². The number of hydrogen-bond acceptors (Lipinski definition) is 1. The smallest absolute Gasteiger partial charge is 0.0628 e. The van der Waals surface area contributed by atoms with E-state index in [1.165, 1.54) is 71.1 Å². The summed E-state index contributed by atoms with van der Waals surface area (Å²) in [6.45, 7) is 0. The normalized spacial score (nSPS) is 11.6. The van der Waals surface area contributed by atoms with Crippen molar-refractivity contribution in [1.29, 1.82) is 0 Å². The number of fused-ring (bicyclic) bond motifs is 7. The minimum absolute atomic E-state index is 1.12. The first kappa shape index (κ1) is 31.2. The molecule has 0 spiro atoms. The summed E-state index contributed by atoms with van der Waals surface area (Å²) in [6.07, 6.45) is 2.21. The van der Waals surface area contributed by atoms with Crippen molar-refractivity contribution in [2.75, 3.05) is 4.90 Å². The van der Waals surface area contributed by atoms with Crippen LogP contribution in [0, 0.1) is 0 Å². The third-order valence-electron chi connectivity index (χ3n) is 11.1. The molecule has 0 amide bonds. The van der Waals surface area contributed by atoms with E-state index in [1.54, 1.807) is 0 Å². The summed E-state index contributed by atoms with van der Waals surface area (Å²) in [6, 6.07) is 74.7. The molecule has 0 N–H and O–H groups in total. The second kappa shape index (κ2) is 12.6. The molecule has 0 fully saturated rings. The van der Waals surface area contributed by atoms with Gasteiger partial charge in [0.2, 0.25) is 0 Å². The number of nitrogens with zero attached hydrogens (tertiary/aromatic N) is 3. The van der Waals surface area contributed by atoms with Gasteiger partial charge in [-0.1, -0.05) is 133 Å². The molecule has 0 unspecified atom stereocenters. The first-order chi connectivity index (χ1) is 27.3. The summed E-state index contributed by atoms with van der Waals surface area (Å²) in [7, 11) is 0. The van der Waals surface area contributed by atoms with Gasteiger partial charge in [0.1, 0.15) is 0 Å². The summed E-state index contributed by atoms with van der Waals surface area (Å²) in [4.78, 5) is 2.38. The lowest BCUT2D eigenvalue weighted by molar-refractivity contribution is 1.13. The van der Waals surface area contributed by atoms with E-state index in [4.69, 9.17) is 0 Å². The monoisotopic (exact) mass is 701 g/mol. The molecule has 3 heteroatoms. The molecule has 0 atom stereocenters. The van der Waals surface area contributed by atoms with Crippen LogP contribution in [0.4, 0.5) is 17.1 Å². The Bertz CT molecular complexity index is 3180. The van der Waals surface area contributed by atoms with Gasteiger partial charge in [-0.25, -0.2) is 0 Å². The van der Waals surface area contributed by atoms with Crippen LogP contribution in [0.1, 0.15) is 0 Å². The molecule has 0 saturated heterocycles. The van der Waals surface area contributed by atoms with Crippen LogP contribution in [0.3, 0.4) is 0 Å². The van der Waals surface area contributed by atoms with Gasteiger partial charge in [0.25, 0.3) is 0 Å². The fourth-order valence-corrected chi connectivity index (χ4v) is 8.52. The Morgan fingerprint density at radius 1 is 0.364 bits per heavy atom. The van der Waals surface area contributed by atoms with Crippen LogP contribution in [0.15, 0.2) is 212 Å². The molecule has 0 aliphatic rings. The Labute approximate surface area is 319 Å². The molecular formula is C52H35N3. The van der Waals surface area contributed by atoms with Crippen molar-refractivity contribution >= 4 is 71.3 Å². The van der Waals surface area contributed by atoms with Gasteiger partial charge in [0.05, 0.1) is 22.2 Å². The molecule has 3 nitrogen and oxygen atoms in total. The van der Waals surface area contributed by atoms with Crippen LogP contribution in [-0.4, -0.2) is 9.13 Å². The molecule has 2 aromatic heterocycles. The Morgan fingerprint density at radius 3 is 1.82 bits per heavy atom. The number of para-hydroxylation sites is 2. The summed E-state index contributed by atoms with van der Waals surface area (Å²) in [5.74, 6) is 0. The molecule has 55 heavy (non-hydrogen) atoms. The van der Waals surface area contributed by atoms with Crippen molar-refractivity contribution in [3.8, 4) is 22.5 Å². The van der Waals surface area contributed by atoms with Crippen LogP contribution >= 0.6 is 0 Å². The Kier molecular flexibility index (Phi) is 7.17. The van der Waals surface area contributed by atoms with Crippen LogP contribution in [0.5, 0.6) is 0 Å². The van der Waals surface area contributed by atoms with Gasteiger partial charge in [-0.2, -0.15) is 0 Å². The highest BCUT2D eigenvalue weighted by Crippen LogP contribution is 2.41. The lowest BCUT2D eigenvalue weighted by Gasteiger charge is -2.27. The van der Waals surface area contributed by atoms with E-state index in [0.717, 1.165) is 22.7 Å². The van der Waals surface area contributed by atoms with E-state index in [-0.39, 0.29) is 0 Å². The van der Waals surface area contributed by atoms with Gasteiger partial charge in [0.15, 0.2) is 0 Å². The number of rotatable bonds is 6. The number of hydrogen-bond donors (Lipinski definition) is 0. The topological polar surface area (TPSA) is 13.1 Å². The Morgan fingerprint density at radius 2 is 1.00 bits per heavy atom. The van der Waals surface area contributed by atoms with Crippen LogP contribution in [-0.2, 0) is 0 Å². The minimum Gasteiger partial charge on any atom is -0.316 e. The quantitative estimate of drug-likeness (QED) is 0.168. The van der Waals surface area contributed by atoms with Crippen molar-refractivity contribution in [2.45, 2.75) is 0 Å². The number of aromatic nitrogens is 2.